The molecule has 0 bridgehead atoms. The highest BCUT2D eigenvalue weighted by atomic mass is 32.2. The van der Waals surface area contributed by atoms with E-state index in [-0.39, 0.29) is 5.63 Å². The van der Waals surface area contributed by atoms with Crippen molar-refractivity contribution in [1.29, 1.82) is 0 Å². The lowest BCUT2D eigenvalue weighted by Gasteiger charge is -2.32. The molecule has 0 saturated carbocycles. The average Bonchev–Trinajstić information content (AvgIpc) is 2.87. The van der Waals surface area contributed by atoms with Gasteiger partial charge in [0, 0.05) is 15.0 Å². The quantitative estimate of drug-likeness (QED) is 0.694. The first-order valence-electron chi connectivity index (χ1n) is 7.75. The van der Waals surface area contributed by atoms with Gasteiger partial charge in [-0.25, -0.2) is 4.79 Å². The highest BCUT2D eigenvalue weighted by Crippen LogP contribution is 2.21. The van der Waals surface area contributed by atoms with Gasteiger partial charge in [-0.05, 0) is 45.2 Å². The summed E-state index contributed by atoms with van der Waals surface area (Å²) in [7, 11) is 0. The molecule has 1 fully saturated rings. The topological polar surface area (TPSA) is 53.1 Å². The van der Waals surface area contributed by atoms with Crippen molar-refractivity contribution >= 4 is 11.8 Å². The van der Waals surface area contributed by atoms with Gasteiger partial charge in [-0.3, -0.25) is 4.52 Å². The number of aromatic amines is 1. The maximum absolute atomic E-state index is 12.1. The summed E-state index contributed by atoms with van der Waals surface area (Å²) < 4.78 is 5.06. The minimum atomic E-state index is -0.284. The Balaban J connectivity index is 1.83. The Morgan fingerprint density at radius 3 is 2.64 bits per heavy atom. The van der Waals surface area contributed by atoms with Gasteiger partial charge in [0.05, 0.1) is 17.8 Å². The van der Waals surface area contributed by atoms with Crippen molar-refractivity contribution in [3.63, 3.8) is 0 Å². The Kier molecular flexibility index (Phi) is 4.57. The standard InChI is InChI=1S/C16H21N3O2S/c1-12-7-6-8-13(2)18(12)19-15(16(20)21-17-19)11-22-14-9-4-3-5-10-14/h3-5,9-10,12-13H,6-8,11H2,1-2H3/p+1. The van der Waals surface area contributed by atoms with Gasteiger partial charge >= 0.3 is 11.3 Å². The molecule has 1 aliphatic heterocycles. The van der Waals surface area contributed by atoms with E-state index < -0.39 is 0 Å². The molecule has 1 aromatic carbocycles. The van der Waals surface area contributed by atoms with Crippen LogP contribution in [0, 0.1) is 0 Å². The third-order valence-electron chi connectivity index (χ3n) is 4.21. The van der Waals surface area contributed by atoms with Crippen LogP contribution in [-0.2, 0) is 5.75 Å². The average molecular weight is 320 g/mol. The Bertz CT molecular complexity index is 658. The van der Waals surface area contributed by atoms with Crippen molar-refractivity contribution in [2.24, 2.45) is 0 Å². The Hall–Kier alpha value is -1.69. The molecule has 2 atom stereocenters. The van der Waals surface area contributed by atoms with Crippen LogP contribution in [-0.4, -0.2) is 17.4 Å². The maximum Gasteiger partial charge on any atom is 0.434 e. The van der Waals surface area contributed by atoms with Crippen LogP contribution >= 0.6 is 11.8 Å². The zero-order valence-corrected chi connectivity index (χ0v) is 13.8. The van der Waals surface area contributed by atoms with Crippen LogP contribution in [0.25, 0.3) is 0 Å². The van der Waals surface area contributed by atoms with Gasteiger partial charge in [0.15, 0.2) is 0 Å². The molecular weight excluding hydrogens is 298 g/mol. The van der Waals surface area contributed by atoms with Crippen LogP contribution in [0.5, 0.6) is 0 Å². The number of aromatic nitrogens is 2. The van der Waals surface area contributed by atoms with E-state index in [4.69, 9.17) is 4.52 Å². The summed E-state index contributed by atoms with van der Waals surface area (Å²) in [5.41, 5.74) is 0.378. The lowest BCUT2D eigenvalue weighted by atomic mass is 10.00. The third kappa shape index (κ3) is 3.06. The molecule has 0 amide bonds. The summed E-state index contributed by atoms with van der Waals surface area (Å²) in [5.74, 6) is 0.589. The first-order chi connectivity index (χ1) is 10.7. The van der Waals surface area contributed by atoms with Gasteiger partial charge in [-0.1, -0.05) is 18.2 Å². The van der Waals surface area contributed by atoms with Crippen molar-refractivity contribution in [2.45, 2.75) is 55.8 Å². The van der Waals surface area contributed by atoms with E-state index in [1.165, 1.54) is 6.42 Å². The summed E-state index contributed by atoms with van der Waals surface area (Å²) in [4.78, 5) is 15.0. The summed E-state index contributed by atoms with van der Waals surface area (Å²) in [6.07, 6.45) is 3.50. The molecule has 5 nitrogen and oxygen atoms in total. The molecule has 0 radical (unpaired) electrons. The Morgan fingerprint density at radius 2 is 1.95 bits per heavy atom. The second-order valence-corrected chi connectivity index (χ2v) is 6.90. The monoisotopic (exact) mass is 320 g/mol. The molecule has 2 aromatic rings. The van der Waals surface area contributed by atoms with E-state index in [1.54, 1.807) is 11.8 Å². The maximum atomic E-state index is 12.1. The van der Waals surface area contributed by atoms with Crippen LogP contribution < -0.4 is 15.4 Å². The van der Waals surface area contributed by atoms with Crippen LogP contribution in [0.3, 0.4) is 0 Å². The van der Waals surface area contributed by atoms with Gasteiger partial charge in [-0.15, -0.1) is 16.8 Å². The zero-order valence-electron chi connectivity index (χ0n) is 13.0. The summed E-state index contributed by atoms with van der Waals surface area (Å²) in [6.45, 7) is 4.39. The largest absolute Gasteiger partial charge is 0.434 e. The highest BCUT2D eigenvalue weighted by molar-refractivity contribution is 7.98. The molecule has 118 valence electrons. The van der Waals surface area contributed by atoms with Gasteiger partial charge in [-0.2, -0.15) is 0 Å². The van der Waals surface area contributed by atoms with Crippen molar-refractivity contribution in [3.8, 4) is 0 Å². The predicted octanol–water partition coefficient (Wildman–Crippen LogP) is 2.45. The normalized spacial score (nSPS) is 22.0. The van der Waals surface area contributed by atoms with Crippen molar-refractivity contribution < 1.29 is 9.31 Å². The van der Waals surface area contributed by atoms with E-state index in [2.05, 4.69) is 36.3 Å². The molecule has 0 aliphatic carbocycles. The van der Waals surface area contributed by atoms with Gasteiger partial charge in [0.25, 0.3) is 0 Å². The first-order valence-corrected chi connectivity index (χ1v) is 8.74. The number of rotatable bonds is 4. The van der Waals surface area contributed by atoms with Crippen molar-refractivity contribution in [3.05, 3.63) is 46.4 Å². The van der Waals surface area contributed by atoms with Crippen LogP contribution in [0.1, 0.15) is 38.8 Å². The number of nitrogens with one attached hydrogen (secondary N) is 1. The number of H-pyrrole nitrogens is 1. The minimum Gasteiger partial charge on any atom is -0.281 e. The molecule has 1 saturated heterocycles. The van der Waals surface area contributed by atoms with Crippen molar-refractivity contribution in [2.75, 3.05) is 5.01 Å². The van der Waals surface area contributed by atoms with Gasteiger partial charge in [0.1, 0.15) is 0 Å². The van der Waals surface area contributed by atoms with Crippen LogP contribution in [0.2, 0.25) is 0 Å². The molecule has 1 aliphatic rings. The second-order valence-electron chi connectivity index (χ2n) is 5.85. The van der Waals surface area contributed by atoms with E-state index >= 15 is 0 Å². The highest BCUT2D eigenvalue weighted by Gasteiger charge is 2.36. The number of piperidine rings is 1. The van der Waals surface area contributed by atoms with Crippen LogP contribution in [0.4, 0.5) is 0 Å². The fourth-order valence-electron chi connectivity index (χ4n) is 3.06. The van der Waals surface area contributed by atoms with E-state index in [9.17, 15) is 4.79 Å². The first kappa shape index (κ1) is 15.2. The van der Waals surface area contributed by atoms with Crippen molar-refractivity contribution in [1.82, 2.24) is 5.27 Å². The van der Waals surface area contributed by atoms with E-state index in [0.29, 0.717) is 23.5 Å². The van der Waals surface area contributed by atoms with Gasteiger partial charge in [0.2, 0.25) is 0 Å². The smallest absolute Gasteiger partial charge is 0.281 e. The second kappa shape index (κ2) is 6.60. The molecule has 1 N–H and O–H groups in total. The molecule has 0 spiro atoms. The lowest BCUT2D eigenvalue weighted by Crippen LogP contribution is -2.69. The van der Waals surface area contributed by atoms with Crippen LogP contribution in [0.15, 0.2) is 44.5 Å². The molecule has 1 aromatic heterocycles. The number of thioether (sulfide) groups is 1. The van der Waals surface area contributed by atoms with E-state index in [0.717, 1.165) is 17.7 Å². The molecule has 6 heteroatoms. The molecule has 3 rings (SSSR count). The predicted molar refractivity (Wildman–Crippen MR) is 86.5 cm³/mol. The van der Waals surface area contributed by atoms with Gasteiger partial charge < -0.3 is 0 Å². The zero-order chi connectivity index (χ0) is 15.5. The third-order valence-corrected chi connectivity index (χ3v) is 5.24. The number of hydrogen-bond acceptors (Lipinski definition) is 4. The number of benzene rings is 1. The Labute approximate surface area is 134 Å². The fourth-order valence-corrected chi connectivity index (χ4v) is 3.96. The summed E-state index contributed by atoms with van der Waals surface area (Å²) in [6, 6.07) is 10.9. The molecule has 2 unspecified atom stereocenters. The molecule has 2 heterocycles. The minimum absolute atomic E-state index is 0.284. The summed E-state index contributed by atoms with van der Waals surface area (Å²) in [5, 5.41) is 5.01. The molecular formula is C16H22N3O2S+. The molecule has 22 heavy (non-hydrogen) atoms. The Morgan fingerprint density at radius 1 is 1.27 bits per heavy atom. The SMILES string of the molecule is CC1CCCC(C)N1[n+]1[nH]oc(=O)c1CSc1ccccc1. The number of hydrogen-bond donors (Lipinski definition) is 1. The number of nitrogens with zero attached hydrogens (tertiary/aromatic N) is 2. The summed E-state index contributed by atoms with van der Waals surface area (Å²) >= 11 is 1.65. The lowest BCUT2D eigenvalue weighted by molar-refractivity contribution is -0.771. The van der Waals surface area contributed by atoms with E-state index in [1.807, 2.05) is 23.0 Å². The fraction of sp³-hybridized carbons (Fsp3) is 0.500.